The second-order valence-electron chi connectivity index (χ2n) is 1.96. The summed E-state index contributed by atoms with van der Waals surface area (Å²) in [6.07, 6.45) is -0.854. The Morgan fingerprint density at radius 1 is 1.82 bits per heavy atom. The largest absolute Gasteiger partial charge is 0.481 e. The van der Waals surface area contributed by atoms with Crippen LogP contribution >= 0.6 is 0 Å². The van der Waals surface area contributed by atoms with Crippen molar-refractivity contribution in [3.63, 3.8) is 0 Å². The molecule has 0 radical (unpaired) electrons. The summed E-state index contributed by atoms with van der Waals surface area (Å²) in [6.45, 7) is 1.62. The number of hydrogen-bond acceptors (Lipinski definition) is 4. The fourth-order valence-corrected chi connectivity index (χ4v) is 0.573. The minimum atomic E-state index is -1.10. The lowest BCUT2D eigenvalue weighted by atomic mass is 10.2. The Hall–Kier alpha value is -1.33. The van der Waals surface area contributed by atoms with Crippen LogP contribution in [0.3, 0.4) is 0 Å². The van der Waals surface area contributed by atoms with Crippen LogP contribution in [0.4, 0.5) is 0 Å². The molecule has 1 unspecified atom stereocenters. The summed E-state index contributed by atoms with van der Waals surface area (Å²) in [7, 11) is 0. The fraction of sp³-hybridized carbons (Fsp3) is 0.800. The highest BCUT2D eigenvalue weighted by molar-refractivity contribution is 5.67. The topological polar surface area (TPSA) is 89.7 Å². The predicted molar refractivity (Wildman–Crippen MR) is 34.4 cm³/mol. The minimum Gasteiger partial charge on any atom is -0.481 e. The molecule has 0 aromatic rings. The summed E-state index contributed by atoms with van der Waals surface area (Å²) in [6, 6.07) is 0. The van der Waals surface area contributed by atoms with Gasteiger partial charge in [0.2, 0.25) is 0 Å². The number of hydrogen-bond donors (Lipinski definition) is 1. The van der Waals surface area contributed by atoms with Crippen molar-refractivity contribution in [3.05, 3.63) is 10.1 Å². The molecule has 64 valence electrons. The molecule has 0 aliphatic rings. The van der Waals surface area contributed by atoms with E-state index in [2.05, 4.69) is 4.84 Å². The van der Waals surface area contributed by atoms with Gasteiger partial charge in [-0.2, -0.15) is 0 Å². The van der Waals surface area contributed by atoms with Gasteiger partial charge in [-0.3, -0.25) is 4.79 Å². The molecule has 0 saturated heterocycles. The van der Waals surface area contributed by atoms with Crippen molar-refractivity contribution in [1.29, 1.82) is 0 Å². The lowest BCUT2D eigenvalue weighted by molar-refractivity contribution is -0.768. The van der Waals surface area contributed by atoms with E-state index in [0.717, 1.165) is 0 Å². The van der Waals surface area contributed by atoms with Crippen LogP contribution in [-0.4, -0.2) is 22.3 Å². The third-order valence-corrected chi connectivity index (χ3v) is 1.09. The lowest BCUT2D eigenvalue weighted by Gasteiger charge is -2.08. The molecule has 6 heteroatoms. The number of nitrogens with zero attached hydrogens (tertiary/aromatic N) is 1. The molecule has 0 aliphatic heterocycles. The van der Waals surface area contributed by atoms with E-state index in [9.17, 15) is 14.9 Å². The molecule has 0 saturated carbocycles. The second-order valence-corrected chi connectivity index (χ2v) is 1.96. The molecule has 6 nitrogen and oxygen atoms in total. The molecule has 0 aliphatic carbocycles. The molecule has 0 heterocycles. The van der Waals surface area contributed by atoms with Crippen molar-refractivity contribution in [2.45, 2.75) is 25.9 Å². The highest BCUT2D eigenvalue weighted by atomic mass is 17.0. The van der Waals surface area contributed by atoms with Crippen LogP contribution in [0, 0.1) is 10.1 Å². The van der Waals surface area contributed by atoms with E-state index in [-0.39, 0.29) is 6.42 Å². The zero-order valence-electron chi connectivity index (χ0n) is 6.02. The van der Waals surface area contributed by atoms with Crippen molar-refractivity contribution < 1.29 is 19.8 Å². The molecule has 0 fully saturated rings. The summed E-state index contributed by atoms with van der Waals surface area (Å²) in [5.74, 6) is -1.10. The van der Waals surface area contributed by atoms with E-state index in [1.165, 1.54) is 0 Å². The fourth-order valence-electron chi connectivity index (χ4n) is 0.573. The molecule has 0 aromatic heterocycles. The lowest BCUT2D eigenvalue weighted by Crippen LogP contribution is -2.19. The van der Waals surface area contributed by atoms with Crippen LogP contribution in [0.2, 0.25) is 0 Å². The number of carboxylic acid groups (broad SMARTS) is 1. The van der Waals surface area contributed by atoms with Gasteiger partial charge in [0.05, 0.1) is 6.42 Å². The normalized spacial score (nSPS) is 12.1. The second kappa shape index (κ2) is 4.48. The highest BCUT2D eigenvalue weighted by Gasteiger charge is 2.14. The van der Waals surface area contributed by atoms with E-state index >= 15 is 0 Å². The minimum absolute atomic E-state index is 0.313. The van der Waals surface area contributed by atoms with Gasteiger partial charge in [0, 0.05) is 0 Å². The maximum atomic E-state index is 10.0. The van der Waals surface area contributed by atoms with Gasteiger partial charge in [-0.05, 0) is 6.42 Å². The average Bonchev–Trinajstić information content (AvgIpc) is 1.84. The standard InChI is InChI=1S/C5H9NO5/c1-2-4(3-5(7)8)11-6(9)10/h4H,2-3H2,1H3,(H,7,8). The van der Waals surface area contributed by atoms with E-state index < -0.39 is 17.2 Å². The van der Waals surface area contributed by atoms with Gasteiger partial charge in [0.25, 0.3) is 5.09 Å². The maximum absolute atomic E-state index is 10.0. The predicted octanol–water partition coefficient (Wildman–Crippen LogP) is 0.448. The summed E-state index contributed by atoms with van der Waals surface area (Å²) in [5.41, 5.74) is 0. The molecule has 0 spiro atoms. The molecule has 0 amide bonds. The van der Waals surface area contributed by atoms with Crippen LogP contribution in [0.15, 0.2) is 0 Å². The number of carboxylic acids is 1. The van der Waals surface area contributed by atoms with Crippen LogP contribution in [0.5, 0.6) is 0 Å². The maximum Gasteiger partial charge on any atom is 0.305 e. The number of carbonyl (C=O) groups is 1. The van der Waals surface area contributed by atoms with Crippen molar-refractivity contribution in [2.75, 3.05) is 0 Å². The third-order valence-electron chi connectivity index (χ3n) is 1.09. The van der Waals surface area contributed by atoms with Gasteiger partial charge in [0.15, 0.2) is 0 Å². The molecule has 11 heavy (non-hydrogen) atoms. The average molecular weight is 163 g/mol. The molecule has 0 bridgehead atoms. The van der Waals surface area contributed by atoms with Gasteiger partial charge >= 0.3 is 5.97 Å². The third kappa shape index (κ3) is 5.13. The molecule has 1 N–H and O–H groups in total. The first-order chi connectivity index (χ1) is 5.06. The van der Waals surface area contributed by atoms with Gasteiger partial charge in [-0.25, -0.2) is 0 Å². The first-order valence-electron chi connectivity index (χ1n) is 3.09. The molecular formula is C5H9NO5. The number of rotatable bonds is 5. The first-order valence-corrected chi connectivity index (χ1v) is 3.09. The highest BCUT2D eigenvalue weighted by Crippen LogP contribution is 2.02. The van der Waals surface area contributed by atoms with E-state index in [1.54, 1.807) is 6.92 Å². The monoisotopic (exact) mass is 163 g/mol. The Bertz CT molecular complexity index is 141. The Kier molecular flexibility index (Phi) is 3.94. The van der Waals surface area contributed by atoms with E-state index in [0.29, 0.717) is 6.42 Å². The van der Waals surface area contributed by atoms with Crippen LogP contribution < -0.4 is 0 Å². The van der Waals surface area contributed by atoms with E-state index in [1.807, 2.05) is 0 Å². The van der Waals surface area contributed by atoms with Gasteiger partial charge in [0.1, 0.15) is 6.10 Å². The van der Waals surface area contributed by atoms with Gasteiger partial charge in [-0.15, -0.1) is 10.1 Å². The zero-order chi connectivity index (χ0) is 8.85. The quantitative estimate of drug-likeness (QED) is 0.469. The Morgan fingerprint density at radius 2 is 2.36 bits per heavy atom. The summed E-state index contributed by atoms with van der Waals surface area (Å²) in [4.78, 5) is 23.8. The van der Waals surface area contributed by atoms with Gasteiger partial charge in [-0.1, -0.05) is 6.92 Å². The SMILES string of the molecule is CCC(CC(=O)O)O[N+](=O)[O-]. The van der Waals surface area contributed by atoms with Crippen LogP contribution in [0.1, 0.15) is 19.8 Å². The molecular weight excluding hydrogens is 154 g/mol. The summed E-state index contributed by atoms with van der Waals surface area (Å²) < 4.78 is 0. The Balaban J connectivity index is 3.76. The summed E-state index contributed by atoms with van der Waals surface area (Å²) in [5, 5.41) is 17.0. The Labute approximate surface area is 62.9 Å². The van der Waals surface area contributed by atoms with Crippen molar-refractivity contribution in [2.24, 2.45) is 0 Å². The summed E-state index contributed by atoms with van der Waals surface area (Å²) >= 11 is 0. The number of aliphatic carboxylic acids is 1. The molecule has 1 atom stereocenters. The molecule has 0 aromatic carbocycles. The smallest absolute Gasteiger partial charge is 0.305 e. The van der Waals surface area contributed by atoms with Crippen LogP contribution in [-0.2, 0) is 9.63 Å². The first kappa shape index (κ1) is 9.67. The zero-order valence-corrected chi connectivity index (χ0v) is 6.02. The van der Waals surface area contributed by atoms with Crippen molar-refractivity contribution in [3.8, 4) is 0 Å². The van der Waals surface area contributed by atoms with E-state index in [4.69, 9.17) is 5.11 Å². The van der Waals surface area contributed by atoms with Gasteiger partial charge < -0.3 is 9.94 Å². The van der Waals surface area contributed by atoms with Crippen molar-refractivity contribution >= 4 is 5.97 Å². The molecule has 0 rings (SSSR count). The Morgan fingerprint density at radius 3 is 2.64 bits per heavy atom. The van der Waals surface area contributed by atoms with Crippen molar-refractivity contribution in [1.82, 2.24) is 0 Å². The van der Waals surface area contributed by atoms with Crippen LogP contribution in [0.25, 0.3) is 0 Å².